The number of fused-ring (bicyclic) bond motifs is 1. The molecule has 0 N–H and O–H groups in total. The van der Waals surface area contributed by atoms with Crippen LogP contribution in [0.4, 0.5) is 5.69 Å². The van der Waals surface area contributed by atoms with Crippen LogP contribution in [0.3, 0.4) is 0 Å². The Morgan fingerprint density at radius 1 is 1.23 bits per heavy atom. The molecule has 0 aromatic heterocycles. The molecule has 0 fully saturated rings. The summed E-state index contributed by atoms with van der Waals surface area (Å²) >= 11 is 0. The van der Waals surface area contributed by atoms with Crippen LogP contribution in [0.25, 0.3) is 0 Å². The monoisotopic (exact) mass is 355 g/mol. The highest BCUT2D eigenvalue weighted by Crippen LogP contribution is 2.37. The summed E-state index contributed by atoms with van der Waals surface area (Å²) in [6.45, 7) is 1.45. The van der Waals surface area contributed by atoms with Gasteiger partial charge in [-0.3, -0.25) is 14.9 Å². The van der Waals surface area contributed by atoms with Gasteiger partial charge in [-0.25, -0.2) is 0 Å². The molecule has 0 spiro atoms. The quantitative estimate of drug-likeness (QED) is 0.619. The summed E-state index contributed by atoms with van der Waals surface area (Å²) in [5, 5.41) is 16.6. The van der Waals surface area contributed by atoms with E-state index in [1.165, 1.54) is 19.1 Å². The highest BCUT2D eigenvalue weighted by molar-refractivity contribution is 5.97. The summed E-state index contributed by atoms with van der Waals surface area (Å²) in [7, 11) is 0. The Balaban J connectivity index is 1.72. The topological polar surface area (TPSA) is 104 Å². The Hall–Kier alpha value is -3.62. The smallest absolute Gasteiger partial charge is 0.278 e. The number of benzene rings is 2. The largest absolute Gasteiger partial charge is 0.454 e. The molecule has 1 atom stereocenters. The van der Waals surface area contributed by atoms with Crippen LogP contribution in [0, 0.1) is 10.1 Å². The van der Waals surface area contributed by atoms with Crippen LogP contribution in [0.2, 0.25) is 0 Å². The van der Waals surface area contributed by atoms with Crippen molar-refractivity contribution in [3.05, 3.63) is 63.7 Å². The zero-order valence-electron chi connectivity index (χ0n) is 13.6. The zero-order valence-corrected chi connectivity index (χ0v) is 13.6. The summed E-state index contributed by atoms with van der Waals surface area (Å²) in [6.07, 6.45) is -1.02. The molecule has 2 aromatic rings. The molecule has 1 amide bonds. The number of nitrogens with zero attached hydrogens (tertiary/aromatic N) is 3. The minimum absolute atomic E-state index is 0.129. The van der Waals surface area contributed by atoms with Crippen molar-refractivity contribution in [2.75, 3.05) is 6.79 Å². The van der Waals surface area contributed by atoms with E-state index in [-0.39, 0.29) is 23.9 Å². The average molecular weight is 355 g/mol. The predicted molar refractivity (Wildman–Crippen MR) is 88.5 cm³/mol. The van der Waals surface area contributed by atoms with E-state index in [0.29, 0.717) is 17.1 Å². The summed E-state index contributed by atoms with van der Waals surface area (Å²) in [5.74, 6) is 0.911. The summed E-state index contributed by atoms with van der Waals surface area (Å²) in [6, 6.07) is 11.2. The lowest BCUT2D eigenvalue weighted by Gasteiger charge is -2.19. The molecule has 0 saturated heterocycles. The van der Waals surface area contributed by atoms with Gasteiger partial charge in [-0.15, -0.1) is 5.10 Å². The number of hydrogen-bond acceptors (Lipinski definition) is 7. The second kappa shape index (κ2) is 6.03. The van der Waals surface area contributed by atoms with E-state index in [4.69, 9.17) is 14.2 Å². The number of carbonyl (C=O) groups is 1. The van der Waals surface area contributed by atoms with Crippen molar-refractivity contribution in [1.29, 1.82) is 0 Å². The van der Waals surface area contributed by atoms with E-state index in [9.17, 15) is 14.9 Å². The first-order chi connectivity index (χ1) is 12.5. The summed E-state index contributed by atoms with van der Waals surface area (Å²) < 4.78 is 16.4. The molecular formula is C17H13N3O6. The molecule has 0 unspecified atom stereocenters. The van der Waals surface area contributed by atoms with Gasteiger partial charge in [0.1, 0.15) is 0 Å². The fourth-order valence-electron chi connectivity index (χ4n) is 2.78. The van der Waals surface area contributed by atoms with Gasteiger partial charge in [-0.05, 0) is 24.3 Å². The number of amides is 1. The second-order valence-corrected chi connectivity index (χ2v) is 5.62. The third-order valence-electron chi connectivity index (χ3n) is 3.99. The normalized spacial score (nSPS) is 17.7. The third-order valence-corrected chi connectivity index (χ3v) is 3.99. The maximum Gasteiger partial charge on any atom is 0.278 e. The molecule has 0 radical (unpaired) electrons. The number of nitro benzene ring substituents is 1. The molecule has 26 heavy (non-hydrogen) atoms. The molecule has 2 aliphatic rings. The third kappa shape index (κ3) is 2.59. The van der Waals surface area contributed by atoms with Gasteiger partial charge in [0.2, 0.25) is 24.8 Å². The van der Waals surface area contributed by atoms with Gasteiger partial charge >= 0.3 is 0 Å². The van der Waals surface area contributed by atoms with Gasteiger partial charge in [-0.1, -0.05) is 12.1 Å². The van der Waals surface area contributed by atoms with Crippen molar-refractivity contribution < 1.29 is 23.9 Å². The standard InChI is InChI=1S/C17H13N3O6/c1-10(21)19-17(12-4-2-3-5-13(12)20(22)23)26-16(18-19)11-6-7-14-15(8-11)25-9-24-14/h2-8,17H,9H2,1H3/t17-/m1/s1. The van der Waals surface area contributed by atoms with E-state index in [1.807, 2.05) is 0 Å². The maximum absolute atomic E-state index is 12.0. The zero-order chi connectivity index (χ0) is 18.3. The van der Waals surface area contributed by atoms with Crippen LogP contribution in [-0.2, 0) is 9.53 Å². The minimum atomic E-state index is -1.02. The lowest BCUT2D eigenvalue weighted by Crippen LogP contribution is -2.25. The minimum Gasteiger partial charge on any atom is -0.454 e. The number of carbonyl (C=O) groups excluding carboxylic acids is 1. The van der Waals surface area contributed by atoms with E-state index in [1.54, 1.807) is 30.3 Å². The van der Waals surface area contributed by atoms with E-state index in [2.05, 4.69) is 5.10 Å². The number of ether oxygens (including phenoxy) is 3. The highest BCUT2D eigenvalue weighted by atomic mass is 16.7. The number of nitro groups is 1. The molecule has 2 aliphatic heterocycles. The lowest BCUT2D eigenvalue weighted by atomic mass is 10.1. The predicted octanol–water partition coefficient (Wildman–Crippen LogP) is 2.56. The molecule has 9 nitrogen and oxygen atoms in total. The van der Waals surface area contributed by atoms with Crippen molar-refractivity contribution in [2.24, 2.45) is 5.10 Å². The van der Waals surface area contributed by atoms with Crippen LogP contribution in [0.15, 0.2) is 47.6 Å². The number of para-hydroxylation sites is 1. The SMILES string of the molecule is CC(=O)N1N=C(c2ccc3c(c2)OCO3)O[C@@H]1c1ccccc1[N+](=O)[O-]. The van der Waals surface area contributed by atoms with Crippen molar-refractivity contribution in [1.82, 2.24) is 5.01 Å². The number of hydrogen-bond donors (Lipinski definition) is 0. The fraction of sp³-hybridized carbons (Fsp3) is 0.176. The first kappa shape index (κ1) is 15.9. The molecule has 2 aromatic carbocycles. The Labute approximate surface area is 147 Å². The van der Waals surface area contributed by atoms with Crippen LogP contribution in [0.1, 0.15) is 24.3 Å². The average Bonchev–Trinajstić information content (AvgIpc) is 3.28. The fourth-order valence-corrected chi connectivity index (χ4v) is 2.78. The van der Waals surface area contributed by atoms with Gasteiger partial charge in [0.15, 0.2) is 11.5 Å². The molecule has 0 bridgehead atoms. The van der Waals surface area contributed by atoms with Gasteiger partial charge in [0, 0.05) is 18.6 Å². The van der Waals surface area contributed by atoms with Crippen molar-refractivity contribution in [2.45, 2.75) is 13.2 Å². The Morgan fingerprint density at radius 2 is 2.00 bits per heavy atom. The van der Waals surface area contributed by atoms with Crippen molar-refractivity contribution in [3.8, 4) is 11.5 Å². The maximum atomic E-state index is 12.0. The molecular weight excluding hydrogens is 342 g/mol. The van der Waals surface area contributed by atoms with E-state index < -0.39 is 17.1 Å². The van der Waals surface area contributed by atoms with Gasteiger partial charge in [0.05, 0.1) is 10.5 Å². The van der Waals surface area contributed by atoms with Crippen LogP contribution in [0.5, 0.6) is 11.5 Å². The van der Waals surface area contributed by atoms with Crippen LogP contribution in [-0.4, -0.2) is 28.5 Å². The Morgan fingerprint density at radius 3 is 2.77 bits per heavy atom. The number of hydrazone groups is 1. The Bertz CT molecular complexity index is 942. The lowest BCUT2D eigenvalue weighted by molar-refractivity contribution is -0.386. The molecule has 4 rings (SSSR count). The first-order valence-electron chi connectivity index (χ1n) is 7.73. The second-order valence-electron chi connectivity index (χ2n) is 5.62. The molecule has 0 saturated carbocycles. The summed E-state index contributed by atoms with van der Waals surface area (Å²) in [4.78, 5) is 22.8. The van der Waals surface area contributed by atoms with Crippen molar-refractivity contribution in [3.63, 3.8) is 0 Å². The van der Waals surface area contributed by atoms with Gasteiger partial charge < -0.3 is 14.2 Å². The van der Waals surface area contributed by atoms with Gasteiger partial charge in [-0.2, -0.15) is 5.01 Å². The van der Waals surface area contributed by atoms with Crippen LogP contribution >= 0.6 is 0 Å². The molecule has 2 heterocycles. The molecule has 0 aliphatic carbocycles. The van der Waals surface area contributed by atoms with E-state index in [0.717, 1.165) is 5.01 Å². The van der Waals surface area contributed by atoms with Gasteiger partial charge in [0.25, 0.3) is 5.69 Å². The van der Waals surface area contributed by atoms with Crippen LogP contribution < -0.4 is 9.47 Å². The molecule has 132 valence electrons. The first-order valence-corrected chi connectivity index (χ1v) is 7.73. The molecule has 9 heteroatoms. The highest BCUT2D eigenvalue weighted by Gasteiger charge is 2.37. The van der Waals surface area contributed by atoms with Crippen molar-refractivity contribution >= 4 is 17.5 Å². The number of rotatable bonds is 3. The Kier molecular flexibility index (Phi) is 3.68. The summed E-state index contributed by atoms with van der Waals surface area (Å²) in [5.41, 5.74) is 0.666. The van der Waals surface area contributed by atoms with E-state index >= 15 is 0 Å².